The van der Waals surface area contributed by atoms with E-state index in [-0.39, 0.29) is 0 Å². The fourth-order valence-corrected chi connectivity index (χ4v) is 2.00. The molecule has 1 heterocycles. The molecule has 1 N–H and O–H groups in total. The van der Waals surface area contributed by atoms with Crippen LogP contribution >= 0.6 is 0 Å². The van der Waals surface area contributed by atoms with Crippen LogP contribution in [-0.2, 0) is 0 Å². The number of aromatic nitrogens is 1. The molecule has 3 nitrogen and oxygen atoms in total. The molecule has 3 heteroatoms. The van der Waals surface area contributed by atoms with E-state index in [1.165, 1.54) is 12.8 Å². The van der Waals surface area contributed by atoms with Crippen LogP contribution in [0.25, 0.3) is 0 Å². The van der Waals surface area contributed by atoms with Gasteiger partial charge in [0.05, 0.1) is 6.10 Å². The summed E-state index contributed by atoms with van der Waals surface area (Å²) in [6, 6.07) is 4.01. The molecule has 0 unspecified atom stereocenters. The van der Waals surface area contributed by atoms with Crippen LogP contribution < -0.4 is 4.90 Å². The fraction of sp³-hybridized carbons (Fsp3) is 0.706. The van der Waals surface area contributed by atoms with E-state index >= 15 is 0 Å². The fourth-order valence-electron chi connectivity index (χ4n) is 2.00. The third kappa shape index (κ3) is 5.91. The SMILES string of the molecule is CC(C)CCN(CCC(C)C)c1ccc([C@H](C)O)cn1. The highest BCUT2D eigenvalue weighted by Gasteiger charge is 2.10. The van der Waals surface area contributed by atoms with Crippen molar-refractivity contribution in [2.24, 2.45) is 11.8 Å². The van der Waals surface area contributed by atoms with Gasteiger partial charge in [-0.05, 0) is 43.2 Å². The summed E-state index contributed by atoms with van der Waals surface area (Å²) in [5.74, 6) is 2.43. The minimum absolute atomic E-state index is 0.448. The van der Waals surface area contributed by atoms with Gasteiger partial charge in [-0.1, -0.05) is 33.8 Å². The number of rotatable bonds is 8. The molecule has 1 atom stereocenters. The van der Waals surface area contributed by atoms with Gasteiger partial charge in [-0.3, -0.25) is 0 Å². The number of nitrogens with zero attached hydrogens (tertiary/aromatic N) is 2. The number of anilines is 1. The van der Waals surface area contributed by atoms with Crippen LogP contribution in [0.5, 0.6) is 0 Å². The molecular formula is C17H30N2O. The van der Waals surface area contributed by atoms with Crippen molar-refractivity contribution in [3.63, 3.8) is 0 Å². The highest BCUT2D eigenvalue weighted by Crippen LogP contribution is 2.18. The first-order valence-corrected chi connectivity index (χ1v) is 7.79. The number of hydrogen-bond donors (Lipinski definition) is 1. The molecule has 0 radical (unpaired) electrons. The van der Waals surface area contributed by atoms with Gasteiger partial charge in [0.15, 0.2) is 0 Å². The van der Waals surface area contributed by atoms with E-state index in [0.717, 1.165) is 24.5 Å². The van der Waals surface area contributed by atoms with E-state index in [1.807, 2.05) is 12.1 Å². The molecule has 1 aromatic rings. The summed E-state index contributed by atoms with van der Waals surface area (Å²) >= 11 is 0. The molecule has 0 aliphatic rings. The molecule has 0 aromatic carbocycles. The predicted octanol–water partition coefficient (Wildman–Crippen LogP) is 4.03. The van der Waals surface area contributed by atoms with Gasteiger partial charge >= 0.3 is 0 Å². The van der Waals surface area contributed by atoms with E-state index < -0.39 is 6.10 Å². The minimum Gasteiger partial charge on any atom is -0.389 e. The van der Waals surface area contributed by atoms with Crippen molar-refractivity contribution in [3.05, 3.63) is 23.9 Å². The van der Waals surface area contributed by atoms with E-state index in [2.05, 4.69) is 37.6 Å². The molecule has 1 aromatic heterocycles. The van der Waals surface area contributed by atoms with Crippen LogP contribution in [0.15, 0.2) is 18.3 Å². The van der Waals surface area contributed by atoms with Crippen molar-refractivity contribution in [2.75, 3.05) is 18.0 Å². The van der Waals surface area contributed by atoms with Gasteiger partial charge in [0.1, 0.15) is 5.82 Å². The Kier molecular flexibility index (Phi) is 7.00. The number of pyridine rings is 1. The minimum atomic E-state index is -0.448. The third-order valence-electron chi connectivity index (χ3n) is 3.53. The largest absolute Gasteiger partial charge is 0.389 e. The highest BCUT2D eigenvalue weighted by atomic mass is 16.3. The zero-order valence-corrected chi connectivity index (χ0v) is 13.6. The lowest BCUT2D eigenvalue weighted by molar-refractivity contribution is 0.199. The Morgan fingerprint density at radius 3 is 1.90 bits per heavy atom. The summed E-state index contributed by atoms with van der Waals surface area (Å²) in [6.45, 7) is 12.9. The first-order valence-electron chi connectivity index (χ1n) is 7.79. The van der Waals surface area contributed by atoms with Crippen molar-refractivity contribution in [2.45, 2.75) is 53.6 Å². The number of aliphatic hydroxyl groups excluding tert-OH is 1. The van der Waals surface area contributed by atoms with E-state index in [0.29, 0.717) is 11.8 Å². The molecule has 0 amide bonds. The van der Waals surface area contributed by atoms with E-state index in [9.17, 15) is 5.11 Å². The lowest BCUT2D eigenvalue weighted by Gasteiger charge is -2.25. The summed E-state index contributed by atoms with van der Waals surface area (Å²) in [5.41, 5.74) is 0.876. The molecule has 0 saturated heterocycles. The van der Waals surface area contributed by atoms with Crippen LogP contribution in [0.1, 0.15) is 59.1 Å². The standard InChI is InChI=1S/C17H30N2O/c1-13(2)8-10-19(11-9-14(3)4)17-7-6-16(12-18-17)15(5)20/h6-7,12-15,20H,8-11H2,1-5H3/t15-/m0/s1. The van der Waals surface area contributed by atoms with E-state index in [4.69, 9.17) is 0 Å². The van der Waals surface area contributed by atoms with Gasteiger partial charge in [0.2, 0.25) is 0 Å². The Morgan fingerprint density at radius 1 is 1.00 bits per heavy atom. The normalized spacial score (nSPS) is 13.0. The maximum Gasteiger partial charge on any atom is 0.128 e. The summed E-state index contributed by atoms with van der Waals surface area (Å²) in [7, 11) is 0. The summed E-state index contributed by atoms with van der Waals surface area (Å²) in [4.78, 5) is 6.89. The Bertz CT molecular complexity index is 359. The van der Waals surface area contributed by atoms with Gasteiger partial charge < -0.3 is 10.0 Å². The molecule has 0 aliphatic heterocycles. The summed E-state index contributed by atoms with van der Waals surface area (Å²) in [5, 5.41) is 9.55. The maximum absolute atomic E-state index is 9.55. The molecule has 0 bridgehead atoms. The first-order chi connectivity index (χ1) is 9.40. The molecule has 0 aliphatic carbocycles. The molecule has 0 spiro atoms. The lowest BCUT2D eigenvalue weighted by atomic mass is 10.1. The molecule has 114 valence electrons. The van der Waals surface area contributed by atoms with Crippen LogP contribution in [-0.4, -0.2) is 23.2 Å². The Hall–Kier alpha value is -1.09. The Balaban J connectivity index is 2.74. The maximum atomic E-state index is 9.55. The average molecular weight is 278 g/mol. The van der Waals surface area contributed by atoms with Crippen molar-refractivity contribution < 1.29 is 5.11 Å². The summed E-state index contributed by atoms with van der Waals surface area (Å²) in [6.07, 6.45) is 3.70. The molecule has 1 rings (SSSR count). The Morgan fingerprint density at radius 2 is 1.55 bits per heavy atom. The second kappa shape index (κ2) is 8.25. The zero-order chi connectivity index (χ0) is 15.1. The number of hydrogen-bond acceptors (Lipinski definition) is 3. The van der Waals surface area contributed by atoms with E-state index in [1.54, 1.807) is 13.1 Å². The monoisotopic (exact) mass is 278 g/mol. The smallest absolute Gasteiger partial charge is 0.128 e. The van der Waals surface area contributed by atoms with Gasteiger partial charge in [-0.2, -0.15) is 0 Å². The Labute approximate surface area is 124 Å². The quantitative estimate of drug-likeness (QED) is 0.780. The van der Waals surface area contributed by atoms with Gasteiger partial charge in [0, 0.05) is 19.3 Å². The highest BCUT2D eigenvalue weighted by molar-refractivity contribution is 5.39. The van der Waals surface area contributed by atoms with Gasteiger partial charge in [-0.15, -0.1) is 0 Å². The second-order valence-electron chi connectivity index (χ2n) is 6.48. The number of aliphatic hydroxyl groups is 1. The second-order valence-corrected chi connectivity index (χ2v) is 6.48. The molecule has 0 saturated carbocycles. The van der Waals surface area contributed by atoms with Crippen LogP contribution in [0.3, 0.4) is 0 Å². The average Bonchev–Trinajstić information content (AvgIpc) is 2.38. The third-order valence-corrected chi connectivity index (χ3v) is 3.53. The van der Waals surface area contributed by atoms with Gasteiger partial charge in [0.25, 0.3) is 0 Å². The molecule has 20 heavy (non-hydrogen) atoms. The van der Waals surface area contributed by atoms with Crippen LogP contribution in [0.2, 0.25) is 0 Å². The lowest BCUT2D eigenvalue weighted by Crippen LogP contribution is -2.28. The van der Waals surface area contributed by atoms with Crippen molar-refractivity contribution in [3.8, 4) is 0 Å². The van der Waals surface area contributed by atoms with Crippen molar-refractivity contribution in [1.82, 2.24) is 4.98 Å². The topological polar surface area (TPSA) is 36.4 Å². The zero-order valence-electron chi connectivity index (χ0n) is 13.6. The van der Waals surface area contributed by atoms with Gasteiger partial charge in [-0.25, -0.2) is 4.98 Å². The van der Waals surface area contributed by atoms with Crippen molar-refractivity contribution in [1.29, 1.82) is 0 Å². The molecule has 0 fully saturated rings. The first kappa shape index (κ1) is 17.0. The predicted molar refractivity (Wildman–Crippen MR) is 86.0 cm³/mol. The molecular weight excluding hydrogens is 248 g/mol. The van der Waals surface area contributed by atoms with Crippen LogP contribution in [0.4, 0.5) is 5.82 Å². The summed E-state index contributed by atoms with van der Waals surface area (Å²) < 4.78 is 0. The van der Waals surface area contributed by atoms with Crippen molar-refractivity contribution >= 4 is 5.82 Å². The van der Waals surface area contributed by atoms with Crippen LogP contribution in [0, 0.1) is 11.8 Å².